The van der Waals surface area contributed by atoms with E-state index in [1.165, 1.54) is 25.9 Å². The number of nitrogens with one attached hydrogen (secondary N) is 1. The molecular formula is C25H26Cl2FN3O2. The lowest BCUT2D eigenvalue weighted by Crippen LogP contribution is -2.18. The molecule has 0 bridgehead atoms. The molecule has 5 rings (SSSR count). The Labute approximate surface area is 202 Å². The summed E-state index contributed by atoms with van der Waals surface area (Å²) in [5, 5.41) is 3.93. The van der Waals surface area contributed by atoms with E-state index in [-0.39, 0.29) is 15.7 Å². The van der Waals surface area contributed by atoms with Crippen LogP contribution in [-0.2, 0) is 0 Å². The lowest BCUT2D eigenvalue weighted by molar-refractivity contribution is 0.227. The Bertz CT molecular complexity index is 1180. The number of aromatic nitrogens is 1. The molecular weight excluding hydrogens is 464 g/mol. The fourth-order valence-electron chi connectivity index (χ4n) is 5.31. The molecule has 2 aliphatic rings. The Hall–Kier alpha value is -2.28. The Morgan fingerprint density at radius 3 is 2.58 bits per heavy atom. The van der Waals surface area contributed by atoms with E-state index in [1.54, 1.807) is 31.5 Å². The van der Waals surface area contributed by atoms with Crippen LogP contribution in [0.4, 0.5) is 15.8 Å². The zero-order valence-electron chi connectivity index (χ0n) is 18.6. The molecule has 2 heterocycles. The molecule has 1 N–H and O–H groups in total. The van der Waals surface area contributed by atoms with Crippen molar-refractivity contribution >= 4 is 45.5 Å². The van der Waals surface area contributed by atoms with Gasteiger partial charge in [0, 0.05) is 36.4 Å². The minimum Gasteiger partial charge on any atom is -0.493 e. The highest BCUT2D eigenvalue weighted by atomic mass is 35.5. The Balaban J connectivity index is 1.37. The fourth-order valence-corrected chi connectivity index (χ4v) is 5.62. The number of anilines is 2. The molecule has 1 unspecified atom stereocenters. The highest BCUT2D eigenvalue weighted by Gasteiger charge is 2.39. The van der Waals surface area contributed by atoms with E-state index < -0.39 is 5.82 Å². The van der Waals surface area contributed by atoms with Crippen molar-refractivity contribution in [2.75, 3.05) is 39.2 Å². The monoisotopic (exact) mass is 489 g/mol. The van der Waals surface area contributed by atoms with Crippen LogP contribution in [0.2, 0.25) is 10.0 Å². The van der Waals surface area contributed by atoms with E-state index in [0.717, 1.165) is 22.7 Å². The van der Waals surface area contributed by atoms with Crippen LogP contribution in [0, 0.1) is 23.6 Å². The van der Waals surface area contributed by atoms with Crippen molar-refractivity contribution in [2.24, 2.45) is 17.8 Å². The fraction of sp³-hybridized carbons (Fsp3) is 0.400. The topological polar surface area (TPSA) is 46.6 Å². The summed E-state index contributed by atoms with van der Waals surface area (Å²) in [6, 6.07) is 8.64. The Morgan fingerprint density at radius 1 is 1.09 bits per heavy atom. The van der Waals surface area contributed by atoms with Gasteiger partial charge in [-0.3, -0.25) is 4.98 Å². The van der Waals surface area contributed by atoms with Crippen molar-refractivity contribution in [1.82, 2.24) is 9.88 Å². The van der Waals surface area contributed by atoms with Crippen molar-refractivity contribution in [1.29, 1.82) is 0 Å². The number of methoxy groups -OCH3 is 1. The molecule has 1 aliphatic heterocycles. The molecule has 1 aliphatic carbocycles. The SMILES string of the molecule is COc1cc2c(Nc3ccc(Cl)c(Cl)c3F)ccnc2cc1OCC1C[C@@H]2CN(C)C[C@@H]2C1. The van der Waals surface area contributed by atoms with Crippen molar-refractivity contribution < 1.29 is 13.9 Å². The first-order chi connectivity index (χ1) is 15.9. The quantitative estimate of drug-likeness (QED) is 0.405. The minimum absolute atomic E-state index is 0.115. The highest BCUT2D eigenvalue weighted by molar-refractivity contribution is 6.42. The molecule has 1 aromatic heterocycles. The van der Waals surface area contributed by atoms with Gasteiger partial charge in [0.05, 0.1) is 35.0 Å². The average molecular weight is 490 g/mol. The summed E-state index contributed by atoms with van der Waals surface area (Å²) in [5.41, 5.74) is 1.63. The second-order valence-corrected chi connectivity index (χ2v) is 9.90. The number of hydrogen-bond acceptors (Lipinski definition) is 5. The normalized spacial score (nSPS) is 22.5. The maximum absolute atomic E-state index is 14.6. The first-order valence-electron chi connectivity index (χ1n) is 11.1. The summed E-state index contributed by atoms with van der Waals surface area (Å²) in [4.78, 5) is 6.92. The molecule has 33 heavy (non-hydrogen) atoms. The molecule has 3 aromatic rings. The van der Waals surface area contributed by atoms with Crippen LogP contribution >= 0.6 is 23.2 Å². The van der Waals surface area contributed by atoms with Gasteiger partial charge in [-0.1, -0.05) is 23.2 Å². The number of benzene rings is 2. The third-order valence-corrected chi connectivity index (χ3v) is 7.62. The summed E-state index contributed by atoms with van der Waals surface area (Å²) < 4.78 is 26.4. The van der Waals surface area contributed by atoms with E-state index in [2.05, 4.69) is 22.2 Å². The third kappa shape index (κ3) is 4.44. The van der Waals surface area contributed by atoms with Crippen LogP contribution in [0.1, 0.15) is 12.8 Å². The van der Waals surface area contributed by atoms with Crippen molar-refractivity contribution in [3.63, 3.8) is 0 Å². The average Bonchev–Trinajstić information content (AvgIpc) is 3.34. The van der Waals surface area contributed by atoms with Crippen LogP contribution in [0.5, 0.6) is 11.5 Å². The number of pyridine rings is 1. The number of ether oxygens (including phenoxy) is 2. The van der Waals surface area contributed by atoms with E-state index in [4.69, 9.17) is 32.7 Å². The molecule has 2 aromatic carbocycles. The summed E-state index contributed by atoms with van der Waals surface area (Å²) in [5.74, 6) is 2.83. The molecule has 1 saturated carbocycles. The van der Waals surface area contributed by atoms with Crippen LogP contribution < -0.4 is 14.8 Å². The van der Waals surface area contributed by atoms with Gasteiger partial charge in [-0.2, -0.15) is 0 Å². The second-order valence-electron chi connectivity index (χ2n) is 9.12. The first-order valence-corrected chi connectivity index (χ1v) is 11.9. The summed E-state index contributed by atoms with van der Waals surface area (Å²) >= 11 is 11.9. The number of rotatable bonds is 6. The predicted octanol–water partition coefficient (Wildman–Crippen LogP) is 6.40. The van der Waals surface area contributed by atoms with Gasteiger partial charge in [0.1, 0.15) is 0 Å². The van der Waals surface area contributed by atoms with Gasteiger partial charge in [0.25, 0.3) is 0 Å². The van der Waals surface area contributed by atoms with Gasteiger partial charge in [-0.05, 0) is 61.9 Å². The maximum Gasteiger partial charge on any atom is 0.166 e. The van der Waals surface area contributed by atoms with Crippen molar-refractivity contribution in [3.05, 3.63) is 52.4 Å². The number of halogens is 3. The van der Waals surface area contributed by atoms with Gasteiger partial charge in [0.2, 0.25) is 0 Å². The van der Waals surface area contributed by atoms with Gasteiger partial charge in [0.15, 0.2) is 17.3 Å². The zero-order chi connectivity index (χ0) is 23.1. The summed E-state index contributed by atoms with van der Waals surface area (Å²) in [6.45, 7) is 3.06. The highest BCUT2D eigenvalue weighted by Crippen LogP contribution is 2.42. The smallest absolute Gasteiger partial charge is 0.166 e. The van der Waals surface area contributed by atoms with Crippen molar-refractivity contribution in [3.8, 4) is 11.5 Å². The van der Waals surface area contributed by atoms with Crippen LogP contribution in [-0.4, -0.2) is 43.7 Å². The second kappa shape index (κ2) is 9.16. The maximum atomic E-state index is 14.6. The minimum atomic E-state index is -0.603. The predicted molar refractivity (Wildman–Crippen MR) is 131 cm³/mol. The first kappa shape index (κ1) is 22.5. The molecule has 2 fully saturated rings. The van der Waals surface area contributed by atoms with Crippen LogP contribution in [0.3, 0.4) is 0 Å². The van der Waals surface area contributed by atoms with Crippen molar-refractivity contribution in [2.45, 2.75) is 12.8 Å². The Morgan fingerprint density at radius 2 is 1.85 bits per heavy atom. The lowest BCUT2D eigenvalue weighted by atomic mass is 10.0. The van der Waals surface area contributed by atoms with E-state index in [1.807, 2.05) is 12.1 Å². The molecule has 3 atom stereocenters. The van der Waals surface area contributed by atoms with Crippen LogP contribution in [0.25, 0.3) is 10.9 Å². The van der Waals surface area contributed by atoms with Crippen LogP contribution in [0.15, 0.2) is 36.5 Å². The molecule has 0 spiro atoms. The largest absolute Gasteiger partial charge is 0.493 e. The van der Waals surface area contributed by atoms with Gasteiger partial charge < -0.3 is 19.7 Å². The van der Waals surface area contributed by atoms with Gasteiger partial charge >= 0.3 is 0 Å². The van der Waals surface area contributed by atoms with E-state index in [0.29, 0.717) is 29.7 Å². The van der Waals surface area contributed by atoms with E-state index in [9.17, 15) is 4.39 Å². The van der Waals surface area contributed by atoms with Gasteiger partial charge in [-0.15, -0.1) is 0 Å². The standard InChI is InChI=1S/C25H26Cl2FN3O2/c1-31-11-15-7-14(8-16(15)12-31)13-33-23-10-21-17(9-22(23)32-2)19(5-6-29-21)30-20-4-3-18(26)24(27)25(20)28/h3-6,9-10,14-16H,7-8,11-13H2,1-2H3,(H,29,30)/t14?,15-,16+. The molecule has 0 radical (unpaired) electrons. The number of likely N-dealkylation sites (tertiary alicyclic amines) is 1. The molecule has 5 nitrogen and oxygen atoms in total. The number of fused-ring (bicyclic) bond motifs is 2. The third-order valence-electron chi connectivity index (χ3n) is 6.84. The summed E-state index contributed by atoms with van der Waals surface area (Å²) in [7, 11) is 3.82. The summed E-state index contributed by atoms with van der Waals surface area (Å²) in [6.07, 6.45) is 4.10. The molecule has 0 amide bonds. The van der Waals surface area contributed by atoms with Gasteiger partial charge in [-0.25, -0.2) is 4.39 Å². The zero-order valence-corrected chi connectivity index (χ0v) is 20.1. The van der Waals surface area contributed by atoms with E-state index >= 15 is 0 Å². The molecule has 1 saturated heterocycles. The molecule has 8 heteroatoms. The molecule has 174 valence electrons. The number of hydrogen-bond donors (Lipinski definition) is 1. The lowest BCUT2D eigenvalue weighted by Gasteiger charge is -2.18. The Kier molecular flexibility index (Phi) is 6.25. The number of nitrogens with zero attached hydrogens (tertiary/aromatic N) is 2.